The maximum absolute atomic E-state index is 11.4. The van der Waals surface area contributed by atoms with Crippen LogP contribution in [0.3, 0.4) is 0 Å². The molecule has 5 heteroatoms. The Labute approximate surface area is 105 Å². The number of nitrogens with one attached hydrogen (secondary N) is 2. The quantitative estimate of drug-likeness (QED) is 0.556. The predicted molar refractivity (Wildman–Crippen MR) is 69.8 cm³/mol. The SMILES string of the molecule is COC(=O)c1cc2c(NCCCO)cccc2[nH]1. The lowest BCUT2D eigenvalue weighted by Crippen LogP contribution is -2.03. The van der Waals surface area contributed by atoms with Gasteiger partial charge in [0, 0.05) is 29.7 Å². The minimum atomic E-state index is -0.382. The second kappa shape index (κ2) is 5.55. The Hall–Kier alpha value is -2.01. The molecule has 0 unspecified atom stereocenters. The van der Waals surface area contributed by atoms with Crippen molar-refractivity contribution in [2.24, 2.45) is 0 Å². The summed E-state index contributed by atoms with van der Waals surface area (Å²) in [6.45, 7) is 0.845. The van der Waals surface area contributed by atoms with Crippen molar-refractivity contribution in [2.75, 3.05) is 25.6 Å². The number of ether oxygens (including phenoxy) is 1. The van der Waals surface area contributed by atoms with Gasteiger partial charge < -0.3 is 20.1 Å². The van der Waals surface area contributed by atoms with E-state index in [1.54, 1.807) is 6.07 Å². The topological polar surface area (TPSA) is 74.3 Å². The van der Waals surface area contributed by atoms with Crippen molar-refractivity contribution in [2.45, 2.75) is 6.42 Å². The number of aromatic amines is 1. The van der Waals surface area contributed by atoms with Crippen LogP contribution in [0, 0.1) is 0 Å². The number of aliphatic hydroxyl groups excluding tert-OH is 1. The molecule has 0 atom stereocenters. The maximum Gasteiger partial charge on any atom is 0.354 e. The fourth-order valence-corrected chi connectivity index (χ4v) is 1.83. The number of methoxy groups -OCH3 is 1. The highest BCUT2D eigenvalue weighted by molar-refractivity contribution is 5.99. The van der Waals surface area contributed by atoms with E-state index in [4.69, 9.17) is 5.11 Å². The zero-order valence-electron chi connectivity index (χ0n) is 10.2. The summed E-state index contributed by atoms with van der Waals surface area (Å²) in [5.41, 5.74) is 2.25. The van der Waals surface area contributed by atoms with Gasteiger partial charge in [0.15, 0.2) is 0 Å². The van der Waals surface area contributed by atoms with Crippen molar-refractivity contribution in [3.05, 3.63) is 30.0 Å². The number of anilines is 1. The van der Waals surface area contributed by atoms with E-state index in [0.717, 1.165) is 16.6 Å². The molecule has 0 amide bonds. The molecule has 5 nitrogen and oxygen atoms in total. The lowest BCUT2D eigenvalue weighted by Gasteiger charge is -2.06. The summed E-state index contributed by atoms with van der Waals surface area (Å²) >= 11 is 0. The number of carbonyl (C=O) groups excluding carboxylic acids is 1. The first-order valence-electron chi connectivity index (χ1n) is 5.81. The van der Waals surface area contributed by atoms with Gasteiger partial charge in [-0.15, -0.1) is 0 Å². The summed E-state index contributed by atoms with van der Waals surface area (Å²) in [5, 5.41) is 12.9. The molecular formula is C13H16N2O3. The maximum atomic E-state index is 11.4. The Bertz CT molecular complexity index is 548. The van der Waals surface area contributed by atoms with Crippen LogP contribution in [0.25, 0.3) is 10.9 Å². The van der Waals surface area contributed by atoms with E-state index < -0.39 is 0 Å². The van der Waals surface area contributed by atoms with Gasteiger partial charge in [0.25, 0.3) is 0 Å². The van der Waals surface area contributed by atoms with E-state index in [9.17, 15) is 4.79 Å². The van der Waals surface area contributed by atoms with E-state index in [1.165, 1.54) is 7.11 Å². The van der Waals surface area contributed by atoms with Gasteiger partial charge in [-0.1, -0.05) is 6.07 Å². The zero-order chi connectivity index (χ0) is 13.0. The number of rotatable bonds is 5. The van der Waals surface area contributed by atoms with E-state index >= 15 is 0 Å². The first kappa shape index (κ1) is 12.4. The van der Waals surface area contributed by atoms with Crippen molar-refractivity contribution in [3.63, 3.8) is 0 Å². The minimum Gasteiger partial charge on any atom is -0.464 e. The van der Waals surface area contributed by atoms with Crippen molar-refractivity contribution in [1.29, 1.82) is 0 Å². The number of benzene rings is 1. The van der Waals surface area contributed by atoms with E-state index in [2.05, 4.69) is 15.0 Å². The second-order valence-corrected chi connectivity index (χ2v) is 3.95. The third-order valence-electron chi connectivity index (χ3n) is 2.72. The molecular weight excluding hydrogens is 232 g/mol. The second-order valence-electron chi connectivity index (χ2n) is 3.95. The molecule has 0 aliphatic heterocycles. The Morgan fingerprint density at radius 1 is 1.50 bits per heavy atom. The first-order chi connectivity index (χ1) is 8.76. The van der Waals surface area contributed by atoms with Crippen LogP contribution >= 0.6 is 0 Å². The van der Waals surface area contributed by atoms with Crippen LogP contribution in [0.1, 0.15) is 16.9 Å². The summed E-state index contributed by atoms with van der Waals surface area (Å²) < 4.78 is 4.68. The molecule has 1 heterocycles. The monoisotopic (exact) mass is 248 g/mol. The van der Waals surface area contributed by atoms with Gasteiger partial charge in [-0.05, 0) is 24.6 Å². The fraction of sp³-hybridized carbons (Fsp3) is 0.308. The van der Waals surface area contributed by atoms with Crippen LogP contribution in [0.5, 0.6) is 0 Å². The molecule has 0 aliphatic carbocycles. The average molecular weight is 248 g/mol. The van der Waals surface area contributed by atoms with Gasteiger partial charge >= 0.3 is 5.97 Å². The Morgan fingerprint density at radius 3 is 3.06 bits per heavy atom. The third-order valence-corrected chi connectivity index (χ3v) is 2.72. The number of carbonyl (C=O) groups is 1. The molecule has 2 aromatic rings. The number of fused-ring (bicyclic) bond motifs is 1. The fourth-order valence-electron chi connectivity index (χ4n) is 1.83. The van der Waals surface area contributed by atoms with Crippen LogP contribution in [0.15, 0.2) is 24.3 Å². The molecule has 1 aromatic heterocycles. The van der Waals surface area contributed by atoms with Crippen molar-refractivity contribution < 1.29 is 14.6 Å². The number of aliphatic hydroxyl groups is 1. The van der Waals surface area contributed by atoms with Crippen molar-refractivity contribution in [1.82, 2.24) is 4.98 Å². The van der Waals surface area contributed by atoms with Gasteiger partial charge in [0.1, 0.15) is 5.69 Å². The highest BCUT2D eigenvalue weighted by Gasteiger charge is 2.11. The van der Waals surface area contributed by atoms with Crippen LogP contribution < -0.4 is 5.32 Å². The largest absolute Gasteiger partial charge is 0.464 e. The number of H-pyrrole nitrogens is 1. The van der Waals surface area contributed by atoms with Gasteiger partial charge in [0.05, 0.1) is 7.11 Å². The molecule has 0 fully saturated rings. The summed E-state index contributed by atoms with van der Waals surface area (Å²) in [7, 11) is 1.36. The molecule has 0 spiro atoms. The number of esters is 1. The molecule has 2 rings (SSSR count). The Morgan fingerprint density at radius 2 is 2.33 bits per heavy atom. The summed E-state index contributed by atoms with van der Waals surface area (Å²) in [4.78, 5) is 14.5. The zero-order valence-corrected chi connectivity index (χ0v) is 10.2. The van der Waals surface area contributed by atoms with Crippen LogP contribution in [0.4, 0.5) is 5.69 Å². The summed E-state index contributed by atoms with van der Waals surface area (Å²) in [6.07, 6.45) is 0.685. The molecule has 1 aromatic carbocycles. The van der Waals surface area contributed by atoms with Crippen LogP contribution in [-0.2, 0) is 4.74 Å². The van der Waals surface area contributed by atoms with Gasteiger partial charge in [-0.3, -0.25) is 0 Å². The smallest absolute Gasteiger partial charge is 0.354 e. The van der Waals surface area contributed by atoms with Gasteiger partial charge in [0.2, 0.25) is 0 Å². The van der Waals surface area contributed by atoms with E-state index in [-0.39, 0.29) is 12.6 Å². The summed E-state index contributed by atoms with van der Waals surface area (Å²) in [5.74, 6) is -0.382. The normalized spacial score (nSPS) is 10.6. The summed E-state index contributed by atoms with van der Waals surface area (Å²) in [6, 6.07) is 7.51. The number of hydrogen-bond acceptors (Lipinski definition) is 4. The van der Waals surface area contributed by atoms with E-state index in [1.807, 2.05) is 18.2 Å². The average Bonchev–Trinajstić information content (AvgIpc) is 2.83. The standard InChI is InChI=1S/C13H16N2O3/c1-18-13(17)12-8-9-10(14-6-3-7-16)4-2-5-11(9)15-12/h2,4-5,8,14-16H,3,6-7H2,1H3. The molecule has 0 aliphatic rings. The highest BCUT2D eigenvalue weighted by Crippen LogP contribution is 2.24. The molecule has 0 saturated heterocycles. The van der Waals surface area contributed by atoms with Crippen molar-refractivity contribution >= 4 is 22.6 Å². The molecule has 96 valence electrons. The Kier molecular flexibility index (Phi) is 3.84. The highest BCUT2D eigenvalue weighted by atomic mass is 16.5. The number of aromatic nitrogens is 1. The lowest BCUT2D eigenvalue weighted by atomic mass is 10.2. The van der Waals surface area contributed by atoms with E-state index in [0.29, 0.717) is 18.7 Å². The minimum absolute atomic E-state index is 0.156. The lowest BCUT2D eigenvalue weighted by molar-refractivity contribution is 0.0595. The van der Waals surface area contributed by atoms with Crippen molar-refractivity contribution in [3.8, 4) is 0 Å². The Balaban J connectivity index is 2.30. The molecule has 0 saturated carbocycles. The third kappa shape index (κ3) is 2.46. The van der Waals surface area contributed by atoms with Gasteiger partial charge in [-0.2, -0.15) is 0 Å². The molecule has 3 N–H and O–H groups in total. The molecule has 0 radical (unpaired) electrons. The first-order valence-corrected chi connectivity index (χ1v) is 5.81. The van der Waals surface area contributed by atoms with Gasteiger partial charge in [-0.25, -0.2) is 4.79 Å². The molecule has 0 bridgehead atoms. The molecule has 18 heavy (non-hydrogen) atoms. The van der Waals surface area contributed by atoms with Crippen LogP contribution in [0.2, 0.25) is 0 Å². The van der Waals surface area contributed by atoms with Crippen LogP contribution in [-0.4, -0.2) is 36.3 Å². The predicted octanol–water partition coefficient (Wildman–Crippen LogP) is 1.75. The number of hydrogen-bond donors (Lipinski definition) is 3.